The second kappa shape index (κ2) is 19.3. The number of likely N-dealkylation sites (N-methyl/N-ethyl adjacent to an activating group) is 1. The minimum absolute atomic E-state index is 0.0692. The van der Waals surface area contributed by atoms with Gasteiger partial charge < -0.3 is 69.1 Å². The molecule has 0 radical (unpaired) electrons. The van der Waals surface area contributed by atoms with Gasteiger partial charge in [0.05, 0.1) is 47.6 Å². The molecule has 0 aromatic heterocycles. The van der Waals surface area contributed by atoms with Crippen LogP contribution in [0.5, 0.6) is 0 Å². The van der Waals surface area contributed by atoms with E-state index in [9.17, 15) is 30.3 Å². The molecule has 4 aliphatic heterocycles. The number of nitrogens with one attached hydrogen (secondary N) is 1. The zero-order valence-electron chi connectivity index (χ0n) is 37.2. The number of halogens is 1. The lowest BCUT2D eigenvalue weighted by atomic mass is 9.76. The number of cyclic esters (lactones) is 1. The van der Waals surface area contributed by atoms with Crippen LogP contribution in [0.4, 0.5) is 5.69 Å². The summed E-state index contributed by atoms with van der Waals surface area (Å²) in [5.74, 6) is -3.09. The molecule has 0 spiro atoms. The maximum Gasteiger partial charge on any atom is 0.311 e. The van der Waals surface area contributed by atoms with E-state index in [-0.39, 0.29) is 38.0 Å². The van der Waals surface area contributed by atoms with Crippen LogP contribution in [-0.4, -0.2) is 164 Å². The molecule has 3 fully saturated rings. The SMILES string of the molecule is CC[C@H]1OC(=O)[C@H](C)[C@@H](O[C@H]2C[C@@](C)(OC)[C@@H](O)[C@H](C)O2)[C@H](C)[C@@H](O[C@@H]2O[C@H](C)C[C@H](N(C)C)[C@H]2O)[C@](C)(O)C[C@@H]2CN(C(=S)Nc3cc(Br)cc2c3)[C@H](C)[C@@H](O)[C@]1(C)O. The minimum Gasteiger partial charge on any atom is -0.459 e. The molecule has 4 bridgehead atoms. The smallest absolute Gasteiger partial charge is 0.311 e. The van der Waals surface area contributed by atoms with E-state index >= 15 is 0 Å². The van der Waals surface area contributed by atoms with E-state index in [1.54, 1.807) is 46.4 Å². The molecule has 0 unspecified atom stereocenters. The van der Waals surface area contributed by atoms with E-state index in [2.05, 4.69) is 21.2 Å². The van der Waals surface area contributed by atoms with Gasteiger partial charge in [-0.25, -0.2) is 0 Å². The molecule has 5 rings (SSSR count). The van der Waals surface area contributed by atoms with Crippen LogP contribution >= 0.6 is 28.1 Å². The zero-order valence-corrected chi connectivity index (χ0v) is 39.6. The summed E-state index contributed by atoms with van der Waals surface area (Å²) in [4.78, 5) is 18.2. The average Bonchev–Trinajstić information content (AvgIpc) is 3.17. The Balaban J connectivity index is 1.70. The highest BCUT2D eigenvalue weighted by molar-refractivity contribution is 9.10. The maximum atomic E-state index is 14.5. The summed E-state index contributed by atoms with van der Waals surface area (Å²) in [6, 6.07) is 4.69. The summed E-state index contributed by atoms with van der Waals surface area (Å²) in [5.41, 5.74) is -3.19. The van der Waals surface area contributed by atoms with Crippen LogP contribution in [0.15, 0.2) is 22.7 Å². The fraction of sp³-hybridized carbons (Fsp3) is 0.814. The van der Waals surface area contributed by atoms with Crippen LogP contribution in [0.2, 0.25) is 0 Å². The normalized spacial score (nSPS) is 44.9. The predicted octanol–water partition coefficient (Wildman–Crippen LogP) is 3.89. The summed E-state index contributed by atoms with van der Waals surface area (Å²) in [6.07, 6.45) is -9.27. The third kappa shape index (κ3) is 10.3. The minimum atomic E-state index is -1.94. The van der Waals surface area contributed by atoms with Crippen LogP contribution in [0, 0.1) is 11.8 Å². The first kappa shape index (κ1) is 49.4. The number of hydrogen-bond donors (Lipinski definition) is 6. The first-order valence-electron chi connectivity index (χ1n) is 21.3. The second-order valence-corrected chi connectivity index (χ2v) is 20.0. The van der Waals surface area contributed by atoms with Crippen molar-refractivity contribution in [3.05, 3.63) is 28.2 Å². The number of hydrogen-bond acceptors (Lipinski definition) is 14. The van der Waals surface area contributed by atoms with Crippen molar-refractivity contribution >= 4 is 44.9 Å². The molecule has 3 saturated heterocycles. The van der Waals surface area contributed by atoms with Gasteiger partial charge >= 0.3 is 5.97 Å². The van der Waals surface area contributed by atoms with E-state index in [1.165, 1.54) is 14.0 Å². The summed E-state index contributed by atoms with van der Waals surface area (Å²) >= 11 is 9.61. The Morgan fingerprint density at radius 3 is 2.28 bits per heavy atom. The number of esters is 1. The monoisotopic (exact) mass is 931 g/mol. The van der Waals surface area contributed by atoms with E-state index < -0.39 is 102 Å². The van der Waals surface area contributed by atoms with Crippen molar-refractivity contribution < 1.29 is 58.7 Å². The van der Waals surface area contributed by atoms with Crippen molar-refractivity contribution in [2.75, 3.05) is 33.1 Å². The van der Waals surface area contributed by atoms with Gasteiger partial charge in [0.15, 0.2) is 17.7 Å². The van der Waals surface area contributed by atoms with Gasteiger partial charge in [0.2, 0.25) is 0 Å². The largest absolute Gasteiger partial charge is 0.459 e. The van der Waals surface area contributed by atoms with Crippen molar-refractivity contribution in [1.29, 1.82) is 0 Å². The lowest BCUT2D eigenvalue weighted by molar-refractivity contribution is -0.317. The van der Waals surface area contributed by atoms with E-state index in [4.69, 9.17) is 40.6 Å². The lowest BCUT2D eigenvalue weighted by Crippen LogP contribution is -2.61. The van der Waals surface area contributed by atoms with Crippen molar-refractivity contribution in [3.8, 4) is 0 Å². The molecule has 1 aromatic rings. The number of ether oxygens (including phenoxy) is 6. The van der Waals surface area contributed by atoms with Gasteiger partial charge in [0, 0.05) is 48.1 Å². The molecule has 18 atom stereocenters. The highest BCUT2D eigenvalue weighted by Gasteiger charge is 2.53. The van der Waals surface area contributed by atoms with Gasteiger partial charge in [0.25, 0.3) is 0 Å². The first-order chi connectivity index (χ1) is 27.8. The molecule has 6 N–H and O–H groups in total. The fourth-order valence-electron chi connectivity index (χ4n) is 9.81. The molecule has 0 aliphatic carbocycles. The highest BCUT2D eigenvalue weighted by Crippen LogP contribution is 2.43. The summed E-state index contributed by atoms with van der Waals surface area (Å²) in [5, 5.41) is 63.7. The molecule has 15 nitrogen and oxygen atoms in total. The Hall–Kier alpha value is -1.58. The molecular formula is C43H70BrN3O12S. The average molecular weight is 933 g/mol. The quantitative estimate of drug-likeness (QED) is 0.170. The fourth-order valence-corrected chi connectivity index (χ4v) is 10.7. The van der Waals surface area contributed by atoms with Crippen molar-refractivity contribution in [2.24, 2.45) is 11.8 Å². The second-order valence-electron chi connectivity index (χ2n) is 18.7. The number of carbonyl (C=O) groups excluding carboxylic acids is 1. The van der Waals surface area contributed by atoms with E-state index in [0.29, 0.717) is 17.2 Å². The van der Waals surface area contributed by atoms with E-state index in [1.807, 2.05) is 51.0 Å². The molecule has 60 heavy (non-hydrogen) atoms. The topological polar surface area (TPSA) is 192 Å². The van der Waals surface area contributed by atoms with E-state index in [0.717, 1.165) is 10.0 Å². The number of carbonyl (C=O) groups is 1. The number of nitrogens with zero attached hydrogens (tertiary/aromatic N) is 2. The van der Waals surface area contributed by atoms with Gasteiger partial charge in [0.1, 0.15) is 30.0 Å². The molecule has 342 valence electrons. The summed E-state index contributed by atoms with van der Waals surface area (Å²) in [6.45, 7) is 15.7. The van der Waals surface area contributed by atoms with Crippen LogP contribution in [0.25, 0.3) is 0 Å². The molecule has 0 amide bonds. The number of anilines is 1. The van der Waals surface area contributed by atoms with Gasteiger partial charge in [-0.1, -0.05) is 29.8 Å². The number of fused-ring (bicyclic) bond motifs is 5. The van der Waals surface area contributed by atoms with Crippen molar-refractivity contribution in [2.45, 2.75) is 184 Å². The van der Waals surface area contributed by atoms with Crippen LogP contribution in [0.3, 0.4) is 0 Å². The molecule has 0 saturated carbocycles. The third-order valence-electron chi connectivity index (χ3n) is 13.6. The molecular weight excluding hydrogens is 862 g/mol. The van der Waals surface area contributed by atoms with Gasteiger partial charge in [-0.15, -0.1) is 0 Å². The van der Waals surface area contributed by atoms with Crippen LogP contribution < -0.4 is 5.32 Å². The van der Waals surface area contributed by atoms with Crippen molar-refractivity contribution in [1.82, 2.24) is 9.80 Å². The Morgan fingerprint density at radius 2 is 1.67 bits per heavy atom. The molecule has 17 heteroatoms. The zero-order chi connectivity index (χ0) is 44.8. The molecule has 4 aliphatic rings. The standard InChI is InChI=1S/C43H70BrN3O12S/c1-13-31-43(9,53)35(49)24(5)47-20-27(26-15-28(44)17-29(16-26)45-40(47)60)18-41(7,52)37(59-39-33(48)30(46(10)11)14-21(2)55-39)22(3)34(23(4)38(51)57-31)58-32-19-42(8,54-12)36(50)25(6)56-32/h15-17,21-25,27,30-37,39,48-50,52-53H,13-14,18-20H2,1-12H3,(H,45,60)/t21-,22+,23-,24-,25+,27-,30+,31-,32+,33-,34+,35-,36+,37-,39+,41-,42-,43-/m1/s1. The Labute approximate surface area is 369 Å². The first-order valence-corrected chi connectivity index (χ1v) is 22.5. The van der Waals surface area contributed by atoms with Gasteiger partial charge in [-0.05, 0) is 118 Å². The highest BCUT2D eigenvalue weighted by atomic mass is 79.9. The Kier molecular flexibility index (Phi) is 15.9. The number of thiocarbonyl (C=S) groups is 1. The summed E-state index contributed by atoms with van der Waals surface area (Å²) in [7, 11) is 5.26. The Morgan fingerprint density at radius 1 is 1.00 bits per heavy atom. The van der Waals surface area contributed by atoms with Crippen LogP contribution in [-0.2, 0) is 33.2 Å². The van der Waals surface area contributed by atoms with Gasteiger partial charge in [-0.2, -0.15) is 0 Å². The predicted molar refractivity (Wildman–Crippen MR) is 232 cm³/mol. The maximum absolute atomic E-state index is 14.5. The number of aliphatic hydroxyl groups is 5. The molecule has 4 heterocycles. The Bertz CT molecular complexity index is 1660. The van der Waals surface area contributed by atoms with Crippen molar-refractivity contribution in [3.63, 3.8) is 0 Å². The number of aliphatic hydroxyl groups excluding tert-OH is 3. The summed E-state index contributed by atoms with van der Waals surface area (Å²) < 4.78 is 38.9. The van der Waals surface area contributed by atoms with Crippen LogP contribution in [0.1, 0.15) is 99.5 Å². The number of rotatable bonds is 7. The lowest BCUT2D eigenvalue weighted by Gasteiger charge is -2.49. The number of benzene rings is 1. The number of methoxy groups -OCH3 is 1. The van der Waals surface area contributed by atoms with Gasteiger partial charge in [-0.3, -0.25) is 4.79 Å². The third-order valence-corrected chi connectivity index (χ3v) is 14.4. The molecule has 1 aromatic carbocycles.